The molecule has 0 spiro atoms. The number of aromatic hydroxyl groups is 2. The third-order valence-corrected chi connectivity index (χ3v) is 2.97. The highest BCUT2D eigenvalue weighted by molar-refractivity contribution is 5.76. The van der Waals surface area contributed by atoms with Crippen LogP contribution in [0.4, 0.5) is 0 Å². The topological polar surface area (TPSA) is 77.8 Å². The Morgan fingerprint density at radius 3 is 1.84 bits per heavy atom. The average Bonchev–Trinajstić information content (AvgIpc) is 2.39. The van der Waals surface area contributed by atoms with E-state index in [0.717, 1.165) is 5.56 Å². The van der Waals surface area contributed by atoms with Crippen molar-refractivity contribution in [3.05, 3.63) is 59.7 Å². The minimum Gasteiger partial charge on any atom is -0.508 e. The van der Waals surface area contributed by atoms with Gasteiger partial charge in [0.2, 0.25) is 0 Å². The molecule has 0 saturated carbocycles. The second kappa shape index (κ2) is 5.44. The summed E-state index contributed by atoms with van der Waals surface area (Å²) in [5.74, 6) is -1.33. The summed E-state index contributed by atoms with van der Waals surface area (Å²) in [7, 11) is 0. The Balaban J connectivity index is 2.23. The highest BCUT2D eigenvalue weighted by Crippen LogP contribution is 2.24. The van der Waals surface area contributed by atoms with Gasteiger partial charge in [-0.3, -0.25) is 4.79 Å². The Morgan fingerprint density at radius 2 is 1.37 bits per heavy atom. The highest BCUT2D eigenvalue weighted by Gasteiger charge is 2.20. The maximum absolute atomic E-state index is 11.3. The first-order valence-corrected chi connectivity index (χ1v) is 5.86. The summed E-state index contributed by atoms with van der Waals surface area (Å²) in [5.41, 5.74) is 1.47. The molecule has 0 unspecified atom stereocenters. The molecular weight excluding hydrogens is 244 g/mol. The van der Waals surface area contributed by atoms with Crippen LogP contribution in [0.15, 0.2) is 48.5 Å². The first-order chi connectivity index (χ1) is 9.06. The zero-order chi connectivity index (χ0) is 13.8. The van der Waals surface area contributed by atoms with Crippen molar-refractivity contribution >= 4 is 5.97 Å². The molecule has 0 amide bonds. The second-order valence-corrected chi connectivity index (χ2v) is 4.35. The lowest BCUT2D eigenvalue weighted by Gasteiger charge is -2.13. The van der Waals surface area contributed by atoms with E-state index in [2.05, 4.69) is 0 Å². The average molecular weight is 258 g/mol. The third-order valence-electron chi connectivity index (χ3n) is 2.97. The van der Waals surface area contributed by atoms with Gasteiger partial charge in [0.1, 0.15) is 11.5 Å². The van der Waals surface area contributed by atoms with E-state index >= 15 is 0 Å². The van der Waals surface area contributed by atoms with Gasteiger partial charge in [0.15, 0.2) is 0 Å². The molecule has 4 heteroatoms. The molecule has 0 aliphatic rings. The summed E-state index contributed by atoms with van der Waals surface area (Å²) in [6, 6.07) is 12.6. The fourth-order valence-corrected chi connectivity index (χ4v) is 1.92. The van der Waals surface area contributed by atoms with E-state index in [1.807, 2.05) is 0 Å². The molecule has 0 radical (unpaired) electrons. The Hall–Kier alpha value is -2.49. The molecule has 0 fully saturated rings. The summed E-state index contributed by atoms with van der Waals surface area (Å²) in [4.78, 5) is 11.3. The molecular formula is C15H14O4. The minimum atomic E-state index is -0.918. The van der Waals surface area contributed by atoms with Gasteiger partial charge < -0.3 is 15.3 Å². The number of carbonyl (C=O) groups is 1. The number of phenolic OH excluding ortho intramolecular Hbond substituents is 2. The molecule has 98 valence electrons. The van der Waals surface area contributed by atoms with Gasteiger partial charge in [-0.15, -0.1) is 0 Å². The van der Waals surface area contributed by atoms with Crippen LogP contribution in [0.3, 0.4) is 0 Å². The quantitative estimate of drug-likeness (QED) is 0.787. The van der Waals surface area contributed by atoms with Crippen molar-refractivity contribution in [2.24, 2.45) is 0 Å². The summed E-state index contributed by atoms with van der Waals surface area (Å²) in [6.07, 6.45) is 0.334. The van der Waals surface area contributed by atoms with E-state index < -0.39 is 11.9 Å². The van der Waals surface area contributed by atoms with Crippen LogP contribution in [0.25, 0.3) is 0 Å². The predicted octanol–water partition coefficient (Wildman–Crippen LogP) is 2.51. The molecule has 0 saturated heterocycles. The summed E-state index contributed by atoms with van der Waals surface area (Å²) < 4.78 is 0. The number of benzene rings is 2. The molecule has 19 heavy (non-hydrogen) atoms. The summed E-state index contributed by atoms with van der Waals surface area (Å²) in [5, 5.41) is 27.7. The third kappa shape index (κ3) is 3.25. The highest BCUT2D eigenvalue weighted by atomic mass is 16.4. The van der Waals surface area contributed by atoms with Gasteiger partial charge in [-0.1, -0.05) is 24.3 Å². The Bertz CT molecular complexity index is 558. The van der Waals surface area contributed by atoms with Crippen LogP contribution in [0.2, 0.25) is 0 Å². The van der Waals surface area contributed by atoms with Gasteiger partial charge in [0, 0.05) is 0 Å². The summed E-state index contributed by atoms with van der Waals surface area (Å²) in [6.45, 7) is 0. The number of carboxylic acids is 1. The van der Waals surface area contributed by atoms with E-state index in [1.165, 1.54) is 24.3 Å². The van der Waals surface area contributed by atoms with Crippen LogP contribution in [0.1, 0.15) is 17.0 Å². The fraction of sp³-hybridized carbons (Fsp3) is 0.133. The van der Waals surface area contributed by atoms with Crippen molar-refractivity contribution in [2.45, 2.75) is 12.3 Å². The van der Waals surface area contributed by atoms with Crippen molar-refractivity contribution in [3.8, 4) is 11.5 Å². The maximum Gasteiger partial charge on any atom is 0.311 e. The zero-order valence-electron chi connectivity index (χ0n) is 10.2. The minimum absolute atomic E-state index is 0.109. The molecule has 0 heterocycles. The number of rotatable bonds is 4. The monoisotopic (exact) mass is 258 g/mol. The molecule has 0 aromatic heterocycles. The molecule has 2 aromatic carbocycles. The van der Waals surface area contributed by atoms with Gasteiger partial charge in [0.25, 0.3) is 0 Å². The Kier molecular flexibility index (Phi) is 3.71. The first-order valence-electron chi connectivity index (χ1n) is 5.86. The lowest BCUT2D eigenvalue weighted by atomic mass is 9.92. The van der Waals surface area contributed by atoms with Crippen LogP contribution in [0.5, 0.6) is 11.5 Å². The number of aliphatic carboxylic acids is 1. The van der Waals surface area contributed by atoms with Gasteiger partial charge in [-0.2, -0.15) is 0 Å². The van der Waals surface area contributed by atoms with Gasteiger partial charge in [-0.25, -0.2) is 0 Å². The van der Waals surface area contributed by atoms with Crippen LogP contribution in [-0.2, 0) is 11.2 Å². The molecule has 4 nitrogen and oxygen atoms in total. The van der Waals surface area contributed by atoms with Crippen LogP contribution < -0.4 is 0 Å². The number of hydrogen-bond acceptors (Lipinski definition) is 3. The smallest absolute Gasteiger partial charge is 0.311 e. The van der Waals surface area contributed by atoms with Crippen molar-refractivity contribution in [2.75, 3.05) is 0 Å². The van der Waals surface area contributed by atoms with Crippen molar-refractivity contribution in [1.29, 1.82) is 0 Å². The molecule has 2 rings (SSSR count). The summed E-state index contributed by atoms with van der Waals surface area (Å²) >= 11 is 0. The SMILES string of the molecule is O=C(O)[C@H](Cc1ccc(O)cc1)c1ccc(O)cc1. The largest absolute Gasteiger partial charge is 0.508 e. The first kappa shape index (κ1) is 13.0. The molecule has 2 aromatic rings. The molecule has 0 aliphatic heterocycles. The zero-order valence-corrected chi connectivity index (χ0v) is 10.2. The van der Waals surface area contributed by atoms with Crippen molar-refractivity contribution in [1.82, 2.24) is 0 Å². The lowest BCUT2D eigenvalue weighted by Crippen LogP contribution is -2.14. The second-order valence-electron chi connectivity index (χ2n) is 4.35. The Morgan fingerprint density at radius 1 is 0.895 bits per heavy atom. The van der Waals surface area contributed by atoms with Crippen LogP contribution in [0, 0.1) is 0 Å². The molecule has 3 N–H and O–H groups in total. The van der Waals surface area contributed by atoms with Gasteiger partial charge in [-0.05, 0) is 41.8 Å². The van der Waals surface area contributed by atoms with Gasteiger partial charge >= 0.3 is 5.97 Å². The molecule has 0 bridgehead atoms. The van der Waals surface area contributed by atoms with E-state index in [-0.39, 0.29) is 11.5 Å². The van der Waals surface area contributed by atoms with E-state index in [9.17, 15) is 20.1 Å². The number of carboxylic acid groups (broad SMARTS) is 1. The maximum atomic E-state index is 11.3. The van der Waals surface area contributed by atoms with Crippen molar-refractivity contribution < 1.29 is 20.1 Å². The van der Waals surface area contributed by atoms with Crippen molar-refractivity contribution in [3.63, 3.8) is 0 Å². The van der Waals surface area contributed by atoms with E-state index in [0.29, 0.717) is 12.0 Å². The normalized spacial score (nSPS) is 12.0. The fourth-order valence-electron chi connectivity index (χ4n) is 1.92. The van der Waals surface area contributed by atoms with E-state index in [1.54, 1.807) is 24.3 Å². The lowest BCUT2D eigenvalue weighted by molar-refractivity contribution is -0.138. The standard InChI is InChI=1S/C15H14O4/c16-12-5-1-10(2-6-12)9-14(15(18)19)11-3-7-13(17)8-4-11/h1-8,14,16-17H,9H2,(H,18,19)/t14-/m1/s1. The molecule has 0 aliphatic carbocycles. The predicted molar refractivity (Wildman–Crippen MR) is 70.3 cm³/mol. The number of hydrogen-bond donors (Lipinski definition) is 3. The number of phenols is 2. The van der Waals surface area contributed by atoms with Crippen LogP contribution in [-0.4, -0.2) is 21.3 Å². The molecule has 1 atom stereocenters. The van der Waals surface area contributed by atoms with Crippen LogP contribution >= 0.6 is 0 Å². The Labute approximate surface area is 110 Å². The van der Waals surface area contributed by atoms with Gasteiger partial charge in [0.05, 0.1) is 5.92 Å². The van der Waals surface area contributed by atoms with E-state index in [4.69, 9.17) is 0 Å².